The van der Waals surface area contributed by atoms with Crippen molar-refractivity contribution in [3.05, 3.63) is 82.0 Å². The van der Waals surface area contributed by atoms with E-state index < -0.39 is 17.6 Å². The molecule has 0 saturated carbocycles. The highest BCUT2D eigenvalue weighted by atomic mass is 79.9. The molecule has 4 nitrogen and oxygen atoms in total. The molecule has 0 bridgehead atoms. The Balaban J connectivity index is 1.67. The molecule has 0 fully saturated rings. The Kier molecular flexibility index (Phi) is 5.46. The van der Waals surface area contributed by atoms with E-state index in [-0.39, 0.29) is 5.56 Å². The second kappa shape index (κ2) is 7.79. The summed E-state index contributed by atoms with van der Waals surface area (Å²) in [7, 11) is 0. The molecular formula is C19H12BrF3N2O2. The highest BCUT2D eigenvalue weighted by molar-refractivity contribution is 9.10. The molecule has 1 aromatic heterocycles. The third-order valence-electron chi connectivity index (χ3n) is 3.55. The normalized spacial score (nSPS) is 11.7. The number of nitrogens with zero attached hydrogens (tertiary/aromatic N) is 1. The van der Waals surface area contributed by atoms with Gasteiger partial charge in [0.05, 0.1) is 11.8 Å². The lowest BCUT2D eigenvalue weighted by molar-refractivity contribution is -0.137. The largest absolute Gasteiger partial charge is 0.455 e. The zero-order valence-corrected chi connectivity index (χ0v) is 15.2. The highest BCUT2D eigenvalue weighted by Crippen LogP contribution is 2.29. The van der Waals surface area contributed by atoms with Crippen LogP contribution in [0.3, 0.4) is 0 Å². The predicted molar refractivity (Wildman–Crippen MR) is 98.3 cm³/mol. The summed E-state index contributed by atoms with van der Waals surface area (Å²) in [5.74, 6) is 0.243. The Morgan fingerprint density at radius 3 is 2.59 bits per heavy atom. The van der Waals surface area contributed by atoms with E-state index in [0.29, 0.717) is 11.5 Å². The fourth-order valence-corrected chi connectivity index (χ4v) is 2.67. The van der Waals surface area contributed by atoms with Gasteiger partial charge in [-0.15, -0.1) is 0 Å². The van der Waals surface area contributed by atoms with Gasteiger partial charge in [0.25, 0.3) is 5.91 Å². The minimum atomic E-state index is -4.52. The van der Waals surface area contributed by atoms with Crippen molar-refractivity contribution in [3.63, 3.8) is 0 Å². The van der Waals surface area contributed by atoms with Crippen LogP contribution in [0.4, 0.5) is 13.2 Å². The maximum Gasteiger partial charge on any atom is 0.416 e. The lowest BCUT2D eigenvalue weighted by atomic mass is 10.1. The first-order chi connectivity index (χ1) is 12.8. The molecule has 0 aliphatic rings. The summed E-state index contributed by atoms with van der Waals surface area (Å²) in [6, 6.07) is 15.0. The van der Waals surface area contributed by atoms with Gasteiger partial charge >= 0.3 is 6.18 Å². The maximum absolute atomic E-state index is 12.7. The monoisotopic (exact) mass is 436 g/mol. The van der Waals surface area contributed by atoms with Gasteiger partial charge < -0.3 is 4.42 Å². The molecule has 1 amide bonds. The van der Waals surface area contributed by atoms with Crippen LogP contribution in [0.25, 0.3) is 11.3 Å². The number of halogens is 4. The van der Waals surface area contributed by atoms with Crippen LogP contribution >= 0.6 is 15.9 Å². The fraction of sp³-hybridized carbons (Fsp3) is 0.0526. The molecule has 0 atom stereocenters. The van der Waals surface area contributed by atoms with Crippen LogP contribution in [0.15, 0.2) is 74.7 Å². The van der Waals surface area contributed by atoms with Crippen molar-refractivity contribution in [2.24, 2.45) is 5.10 Å². The van der Waals surface area contributed by atoms with Gasteiger partial charge in [0, 0.05) is 15.6 Å². The first-order valence-electron chi connectivity index (χ1n) is 7.69. The summed E-state index contributed by atoms with van der Waals surface area (Å²) < 4.78 is 44.6. The third kappa shape index (κ3) is 4.85. The Labute approximate surface area is 160 Å². The molecule has 0 saturated heterocycles. The number of rotatable bonds is 4. The van der Waals surface area contributed by atoms with E-state index in [2.05, 4.69) is 26.5 Å². The van der Waals surface area contributed by atoms with E-state index in [9.17, 15) is 18.0 Å². The van der Waals surface area contributed by atoms with Gasteiger partial charge in [-0.25, -0.2) is 5.43 Å². The van der Waals surface area contributed by atoms with Crippen LogP contribution in [0.1, 0.15) is 21.7 Å². The fourth-order valence-electron chi connectivity index (χ4n) is 2.27. The van der Waals surface area contributed by atoms with Gasteiger partial charge in [-0.05, 0) is 42.5 Å². The number of alkyl halides is 3. The first-order valence-corrected chi connectivity index (χ1v) is 8.49. The summed E-state index contributed by atoms with van der Waals surface area (Å²) in [4.78, 5) is 12.0. The molecule has 0 aliphatic heterocycles. The van der Waals surface area contributed by atoms with E-state index in [1.54, 1.807) is 12.1 Å². The molecule has 8 heteroatoms. The molecule has 3 rings (SSSR count). The Morgan fingerprint density at radius 2 is 1.85 bits per heavy atom. The van der Waals surface area contributed by atoms with Gasteiger partial charge in [0.1, 0.15) is 11.5 Å². The molecule has 3 aromatic rings. The van der Waals surface area contributed by atoms with E-state index in [4.69, 9.17) is 4.42 Å². The SMILES string of the molecule is O=C(N/N=C\c1ccc(-c2cccc(Br)c2)o1)c1cccc(C(F)(F)F)c1. The lowest BCUT2D eigenvalue weighted by Gasteiger charge is -2.07. The zero-order chi connectivity index (χ0) is 19.4. The number of nitrogens with one attached hydrogen (secondary N) is 1. The van der Waals surface area contributed by atoms with Crippen molar-refractivity contribution in [2.75, 3.05) is 0 Å². The molecular weight excluding hydrogens is 425 g/mol. The van der Waals surface area contributed by atoms with E-state index in [0.717, 1.165) is 28.2 Å². The molecule has 27 heavy (non-hydrogen) atoms. The number of carbonyl (C=O) groups excluding carboxylic acids is 1. The quantitative estimate of drug-likeness (QED) is 0.434. The lowest BCUT2D eigenvalue weighted by Crippen LogP contribution is -2.18. The van der Waals surface area contributed by atoms with Crippen LogP contribution in [0.5, 0.6) is 0 Å². The minimum absolute atomic E-state index is 0.142. The van der Waals surface area contributed by atoms with E-state index in [1.165, 1.54) is 12.3 Å². The first kappa shape index (κ1) is 18.9. The Bertz CT molecular complexity index is 996. The molecule has 0 spiro atoms. The van der Waals surface area contributed by atoms with Gasteiger partial charge in [0.2, 0.25) is 0 Å². The van der Waals surface area contributed by atoms with Gasteiger partial charge in [-0.2, -0.15) is 18.3 Å². The van der Waals surface area contributed by atoms with Crippen molar-refractivity contribution in [2.45, 2.75) is 6.18 Å². The smallest absolute Gasteiger partial charge is 0.416 e. The van der Waals surface area contributed by atoms with Crippen molar-refractivity contribution >= 4 is 28.1 Å². The molecule has 0 radical (unpaired) electrons. The summed E-state index contributed by atoms with van der Waals surface area (Å²) in [5, 5.41) is 3.73. The van der Waals surface area contributed by atoms with E-state index >= 15 is 0 Å². The second-order valence-corrected chi connectivity index (χ2v) is 6.41. The van der Waals surface area contributed by atoms with Crippen LogP contribution in [-0.2, 0) is 6.18 Å². The highest BCUT2D eigenvalue weighted by Gasteiger charge is 2.30. The number of carbonyl (C=O) groups is 1. The topological polar surface area (TPSA) is 54.6 Å². The standard InChI is InChI=1S/C19H12BrF3N2O2/c20-15-6-2-3-12(10-15)17-8-7-16(27-17)11-24-25-18(26)13-4-1-5-14(9-13)19(21,22)23/h1-11H,(H,25,26)/b24-11-. The summed E-state index contributed by atoms with van der Waals surface area (Å²) in [6.45, 7) is 0. The number of hydrazone groups is 1. The molecule has 1 N–H and O–H groups in total. The van der Waals surface area contributed by atoms with Crippen molar-refractivity contribution < 1.29 is 22.4 Å². The van der Waals surface area contributed by atoms with Gasteiger partial charge in [-0.3, -0.25) is 4.79 Å². The third-order valence-corrected chi connectivity index (χ3v) is 4.04. The van der Waals surface area contributed by atoms with Crippen molar-refractivity contribution in [1.29, 1.82) is 0 Å². The molecule has 2 aromatic carbocycles. The average molecular weight is 437 g/mol. The predicted octanol–water partition coefficient (Wildman–Crippen LogP) is 5.49. The van der Waals surface area contributed by atoms with Crippen molar-refractivity contribution in [1.82, 2.24) is 5.43 Å². The average Bonchev–Trinajstić information content (AvgIpc) is 3.10. The van der Waals surface area contributed by atoms with Gasteiger partial charge in [0.15, 0.2) is 0 Å². The van der Waals surface area contributed by atoms with Crippen LogP contribution in [0.2, 0.25) is 0 Å². The van der Waals surface area contributed by atoms with Crippen molar-refractivity contribution in [3.8, 4) is 11.3 Å². The second-order valence-electron chi connectivity index (χ2n) is 5.49. The zero-order valence-electron chi connectivity index (χ0n) is 13.6. The maximum atomic E-state index is 12.7. The van der Waals surface area contributed by atoms with Crippen LogP contribution in [-0.4, -0.2) is 12.1 Å². The summed E-state index contributed by atoms with van der Waals surface area (Å²) in [5.41, 5.74) is 2.00. The Hall–Kier alpha value is -2.87. The molecule has 0 unspecified atom stereocenters. The van der Waals surface area contributed by atoms with Crippen LogP contribution < -0.4 is 5.43 Å². The molecule has 138 valence electrons. The number of hydrogen-bond donors (Lipinski definition) is 1. The van der Waals surface area contributed by atoms with E-state index in [1.807, 2.05) is 24.3 Å². The Morgan fingerprint density at radius 1 is 1.07 bits per heavy atom. The number of furan rings is 1. The minimum Gasteiger partial charge on any atom is -0.455 e. The molecule has 0 aliphatic carbocycles. The van der Waals surface area contributed by atoms with Gasteiger partial charge in [-0.1, -0.05) is 34.1 Å². The number of benzene rings is 2. The van der Waals surface area contributed by atoms with Crippen LogP contribution in [0, 0.1) is 0 Å². The summed E-state index contributed by atoms with van der Waals surface area (Å²) in [6.07, 6.45) is -3.25. The molecule has 1 heterocycles. The number of amides is 1. The number of hydrogen-bond acceptors (Lipinski definition) is 3. The summed E-state index contributed by atoms with van der Waals surface area (Å²) >= 11 is 3.38.